The number of hydrogen-bond donors (Lipinski definition) is 3. The second-order valence-corrected chi connectivity index (χ2v) is 6.70. The molecule has 0 bridgehead atoms. The van der Waals surface area contributed by atoms with E-state index in [1.54, 1.807) is 6.92 Å². The number of carbonyl (C=O) groups is 4. The highest BCUT2D eigenvalue weighted by Gasteiger charge is 2.54. The van der Waals surface area contributed by atoms with E-state index in [2.05, 4.69) is 5.32 Å². The van der Waals surface area contributed by atoms with Crippen molar-refractivity contribution in [1.82, 2.24) is 10.2 Å². The van der Waals surface area contributed by atoms with Crippen LogP contribution in [-0.4, -0.2) is 69.2 Å². The van der Waals surface area contributed by atoms with E-state index in [9.17, 15) is 24.3 Å². The third-order valence-electron chi connectivity index (χ3n) is 3.84. The fourth-order valence-corrected chi connectivity index (χ4v) is 3.99. The molecule has 0 unspecified atom stereocenters. The lowest BCUT2D eigenvalue weighted by molar-refractivity contribution is -0.150. The molecule has 3 N–H and O–H groups in total. The molecule has 0 aromatic rings. The summed E-state index contributed by atoms with van der Waals surface area (Å²) < 4.78 is 5.26. The summed E-state index contributed by atoms with van der Waals surface area (Å²) in [6.07, 6.45) is 0.0656. The number of β-lactam (4-membered cyclic amide) rings is 1. The molecule has 9 nitrogen and oxygen atoms in total. The van der Waals surface area contributed by atoms with Gasteiger partial charge >= 0.3 is 11.9 Å². The summed E-state index contributed by atoms with van der Waals surface area (Å²) in [6.45, 7) is 2.38. The largest absolute Gasteiger partial charge is 0.481 e. The van der Waals surface area contributed by atoms with Gasteiger partial charge < -0.3 is 20.3 Å². The van der Waals surface area contributed by atoms with Crippen molar-refractivity contribution < 1.29 is 34.1 Å². The number of fused-ring (bicyclic) bond motifs is 1. The van der Waals surface area contributed by atoms with E-state index in [0.717, 1.165) is 0 Å². The van der Waals surface area contributed by atoms with Crippen LogP contribution >= 0.6 is 11.8 Å². The molecule has 2 rings (SSSR count). The maximum atomic E-state index is 12.3. The Morgan fingerprint density at radius 2 is 2.04 bits per heavy atom. The van der Waals surface area contributed by atoms with Crippen molar-refractivity contribution in [3.05, 3.63) is 11.3 Å². The van der Waals surface area contributed by atoms with Crippen LogP contribution in [0.15, 0.2) is 11.3 Å². The van der Waals surface area contributed by atoms with Gasteiger partial charge in [-0.3, -0.25) is 19.3 Å². The molecule has 0 aliphatic carbocycles. The van der Waals surface area contributed by atoms with Gasteiger partial charge in [0.1, 0.15) is 17.1 Å². The minimum Gasteiger partial charge on any atom is -0.481 e. The molecule has 25 heavy (non-hydrogen) atoms. The van der Waals surface area contributed by atoms with Crippen molar-refractivity contribution in [3.63, 3.8) is 0 Å². The number of carboxylic acid groups (broad SMARTS) is 2. The molecule has 138 valence electrons. The molecule has 2 atom stereocenters. The Morgan fingerprint density at radius 3 is 2.64 bits per heavy atom. The highest BCUT2D eigenvalue weighted by Crippen LogP contribution is 2.40. The Bertz CT molecular complexity index is 619. The van der Waals surface area contributed by atoms with E-state index in [1.807, 2.05) is 0 Å². The molecule has 0 saturated carbocycles. The minimum absolute atomic E-state index is 0.00465. The van der Waals surface area contributed by atoms with Gasteiger partial charge in [-0.15, -0.1) is 11.8 Å². The van der Waals surface area contributed by atoms with Crippen LogP contribution in [0.4, 0.5) is 0 Å². The van der Waals surface area contributed by atoms with Gasteiger partial charge in [-0.25, -0.2) is 4.79 Å². The lowest BCUT2D eigenvalue weighted by Gasteiger charge is -2.49. The number of carbonyl (C=O) groups excluding carboxylic acids is 2. The van der Waals surface area contributed by atoms with Crippen LogP contribution in [0.5, 0.6) is 0 Å². The third kappa shape index (κ3) is 4.31. The summed E-state index contributed by atoms with van der Waals surface area (Å²) in [4.78, 5) is 47.3. The third-order valence-corrected chi connectivity index (χ3v) is 5.18. The molecule has 0 aromatic carbocycles. The summed E-state index contributed by atoms with van der Waals surface area (Å²) in [5.41, 5.74) is 0.466. The molecule has 0 radical (unpaired) electrons. The minimum atomic E-state index is -1.19. The number of rotatable bonds is 9. The summed E-state index contributed by atoms with van der Waals surface area (Å²) in [7, 11) is 0. The van der Waals surface area contributed by atoms with Gasteiger partial charge in [-0.1, -0.05) is 0 Å². The summed E-state index contributed by atoms with van der Waals surface area (Å²) in [6, 6.07) is -0.787. The van der Waals surface area contributed by atoms with Gasteiger partial charge in [0.15, 0.2) is 0 Å². The van der Waals surface area contributed by atoms with Crippen LogP contribution < -0.4 is 5.32 Å². The maximum absolute atomic E-state index is 12.3. The number of carboxylic acids is 2. The molecule has 2 aliphatic rings. The monoisotopic (exact) mass is 372 g/mol. The highest BCUT2D eigenvalue weighted by molar-refractivity contribution is 8.00. The van der Waals surface area contributed by atoms with Crippen molar-refractivity contribution in [2.24, 2.45) is 0 Å². The molecule has 2 heterocycles. The van der Waals surface area contributed by atoms with Gasteiger partial charge in [-0.2, -0.15) is 0 Å². The zero-order valence-corrected chi connectivity index (χ0v) is 14.5. The zero-order chi connectivity index (χ0) is 18.6. The van der Waals surface area contributed by atoms with Crippen LogP contribution in [0.1, 0.15) is 26.2 Å². The number of ether oxygens (including phenoxy) is 1. The predicted molar refractivity (Wildman–Crippen MR) is 87.7 cm³/mol. The van der Waals surface area contributed by atoms with Gasteiger partial charge in [0.05, 0.1) is 6.61 Å². The molecule has 0 aromatic heterocycles. The number of amides is 2. The summed E-state index contributed by atoms with van der Waals surface area (Å²) in [5.74, 6) is -2.67. The number of thioether (sulfide) groups is 1. The number of nitrogens with zero attached hydrogens (tertiary/aromatic N) is 1. The second-order valence-electron chi connectivity index (χ2n) is 5.60. The molecular weight excluding hydrogens is 352 g/mol. The van der Waals surface area contributed by atoms with Crippen molar-refractivity contribution in [1.29, 1.82) is 0 Å². The molecule has 2 aliphatic heterocycles. The van der Waals surface area contributed by atoms with Crippen molar-refractivity contribution in [2.75, 3.05) is 19.0 Å². The van der Waals surface area contributed by atoms with E-state index in [1.165, 1.54) is 16.7 Å². The number of nitrogens with one attached hydrogen (secondary N) is 1. The first-order valence-electron chi connectivity index (χ1n) is 7.85. The Balaban J connectivity index is 2.00. The van der Waals surface area contributed by atoms with Crippen LogP contribution in [0.25, 0.3) is 0 Å². The molecule has 2 amide bonds. The average molecular weight is 372 g/mol. The van der Waals surface area contributed by atoms with E-state index >= 15 is 0 Å². The Kier molecular flexibility index (Phi) is 6.43. The van der Waals surface area contributed by atoms with E-state index in [-0.39, 0.29) is 31.6 Å². The van der Waals surface area contributed by atoms with Crippen LogP contribution in [0.2, 0.25) is 0 Å². The standard InChI is InChI=1S/C15H20N2O7S/c1-2-24-6-8-7-25-14-11(13(21)17(14)12(8)15(22)23)16-9(18)4-3-5-10(19)20/h11,14H,2-7H2,1H3,(H,16,18)(H,19,20)(H,22,23)/t11-,14-/m1/s1. The lowest BCUT2D eigenvalue weighted by atomic mass is 10.0. The topological polar surface area (TPSA) is 133 Å². The average Bonchev–Trinajstić information content (AvgIpc) is 2.56. The van der Waals surface area contributed by atoms with Crippen molar-refractivity contribution in [3.8, 4) is 0 Å². The van der Waals surface area contributed by atoms with Crippen LogP contribution in [-0.2, 0) is 23.9 Å². The molecule has 1 saturated heterocycles. The Labute approximate surface area is 148 Å². The lowest BCUT2D eigenvalue weighted by Crippen LogP contribution is -2.70. The summed E-state index contributed by atoms with van der Waals surface area (Å²) >= 11 is 1.37. The van der Waals surface area contributed by atoms with Crippen LogP contribution in [0, 0.1) is 0 Å². The SMILES string of the molecule is CCOCC1=C(C(=O)O)N2C(=O)[C@@H](NC(=O)CCCC(=O)O)[C@H]2SC1. The fourth-order valence-electron chi connectivity index (χ4n) is 2.67. The number of hydrogen-bond acceptors (Lipinski definition) is 6. The van der Waals surface area contributed by atoms with Crippen molar-refractivity contribution >= 4 is 35.5 Å². The zero-order valence-electron chi connectivity index (χ0n) is 13.7. The van der Waals surface area contributed by atoms with Gasteiger partial charge in [0.25, 0.3) is 5.91 Å². The highest BCUT2D eigenvalue weighted by atomic mass is 32.2. The molecular formula is C15H20N2O7S. The Morgan fingerprint density at radius 1 is 1.32 bits per heavy atom. The fraction of sp³-hybridized carbons (Fsp3) is 0.600. The normalized spacial score (nSPS) is 22.3. The molecule has 10 heteroatoms. The van der Waals surface area contributed by atoms with Crippen molar-refractivity contribution in [2.45, 2.75) is 37.6 Å². The van der Waals surface area contributed by atoms with Gasteiger partial charge in [-0.05, 0) is 18.9 Å². The van der Waals surface area contributed by atoms with E-state index in [0.29, 0.717) is 17.9 Å². The Hall–Kier alpha value is -2.07. The molecule has 1 fully saturated rings. The number of aliphatic carboxylic acids is 2. The predicted octanol–water partition coefficient (Wildman–Crippen LogP) is 0.0164. The molecule has 0 spiro atoms. The smallest absolute Gasteiger partial charge is 0.352 e. The van der Waals surface area contributed by atoms with Crippen LogP contribution in [0.3, 0.4) is 0 Å². The van der Waals surface area contributed by atoms with Gasteiger partial charge in [0.2, 0.25) is 5.91 Å². The first kappa shape index (κ1) is 19.3. The first-order chi connectivity index (χ1) is 11.9. The first-order valence-corrected chi connectivity index (χ1v) is 8.90. The van der Waals surface area contributed by atoms with Gasteiger partial charge in [0, 0.05) is 25.2 Å². The quantitative estimate of drug-likeness (QED) is 0.482. The maximum Gasteiger partial charge on any atom is 0.352 e. The van der Waals surface area contributed by atoms with E-state index < -0.39 is 35.2 Å². The van der Waals surface area contributed by atoms with E-state index in [4.69, 9.17) is 9.84 Å². The second kappa shape index (κ2) is 8.34. The summed E-state index contributed by atoms with van der Waals surface area (Å²) in [5, 5.41) is 20.1.